The van der Waals surface area contributed by atoms with Crippen LogP contribution in [0.25, 0.3) is 0 Å². The van der Waals surface area contributed by atoms with Gasteiger partial charge >= 0.3 is 6.18 Å². The number of rotatable bonds is 8. The lowest BCUT2D eigenvalue weighted by Gasteiger charge is -2.25. The topological polar surface area (TPSA) is 55.8 Å². The Morgan fingerprint density at radius 3 is 2.00 bits per heavy atom. The number of anilines is 1. The maximum atomic E-state index is 12.9. The average molecular weight is 451 g/mol. The van der Waals surface area contributed by atoms with Crippen molar-refractivity contribution in [1.29, 1.82) is 0 Å². The van der Waals surface area contributed by atoms with Crippen molar-refractivity contribution in [3.8, 4) is 17.2 Å². The molecule has 0 spiro atoms. The van der Waals surface area contributed by atoms with Gasteiger partial charge in [-0.15, -0.1) is 0 Å². The summed E-state index contributed by atoms with van der Waals surface area (Å²) in [7, 11) is -3.17. The molecule has 0 fully saturated rings. The molecule has 31 heavy (non-hydrogen) atoms. The highest BCUT2D eigenvalue weighted by molar-refractivity contribution is 7.92. The van der Waals surface area contributed by atoms with Gasteiger partial charge in [0.1, 0.15) is 5.75 Å². The van der Waals surface area contributed by atoms with Gasteiger partial charge in [-0.05, 0) is 42.0 Å². The van der Waals surface area contributed by atoms with Gasteiger partial charge in [0.05, 0.1) is 19.3 Å². The molecule has 164 valence electrons. The molecular weight excluding hydrogens is 431 g/mol. The SMILES string of the molecule is COc1ccccc1Oc1ccc(N(Cc2ccccc2)S(=O)(=O)CC(F)(F)F)cc1. The largest absolute Gasteiger partial charge is 0.493 e. The van der Waals surface area contributed by atoms with Crippen molar-refractivity contribution in [2.45, 2.75) is 12.7 Å². The third kappa shape index (κ3) is 6.14. The van der Waals surface area contributed by atoms with Crippen molar-refractivity contribution in [1.82, 2.24) is 0 Å². The fourth-order valence-electron chi connectivity index (χ4n) is 2.89. The van der Waals surface area contributed by atoms with Gasteiger partial charge < -0.3 is 9.47 Å². The second-order valence-corrected chi connectivity index (χ2v) is 8.50. The van der Waals surface area contributed by atoms with E-state index in [1.807, 2.05) is 0 Å². The molecule has 0 saturated carbocycles. The van der Waals surface area contributed by atoms with E-state index in [4.69, 9.17) is 9.47 Å². The Hall–Kier alpha value is -3.20. The Morgan fingerprint density at radius 2 is 1.42 bits per heavy atom. The van der Waals surface area contributed by atoms with Crippen LogP contribution in [0.3, 0.4) is 0 Å². The van der Waals surface area contributed by atoms with E-state index < -0.39 is 22.0 Å². The minimum Gasteiger partial charge on any atom is -0.493 e. The molecule has 0 saturated heterocycles. The summed E-state index contributed by atoms with van der Waals surface area (Å²) < 4.78 is 75.6. The zero-order valence-electron chi connectivity index (χ0n) is 16.5. The molecule has 0 unspecified atom stereocenters. The van der Waals surface area contributed by atoms with E-state index >= 15 is 0 Å². The summed E-state index contributed by atoms with van der Waals surface area (Å²) in [5, 5.41) is 0. The Balaban J connectivity index is 1.90. The lowest BCUT2D eigenvalue weighted by Crippen LogP contribution is -2.37. The molecule has 0 N–H and O–H groups in total. The maximum Gasteiger partial charge on any atom is 0.404 e. The summed E-state index contributed by atoms with van der Waals surface area (Å²) in [6.07, 6.45) is -4.86. The van der Waals surface area contributed by atoms with Crippen LogP contribution in [0.4, 0.5) is 18.9 Å². The van der Waals surface area contributed by atoms with Crippen molar-refractivity contribution in [2.75, 3.05) is 17.2 Å². The van der Waals surface area contributed by atoms with Gasteiger partial charge in [-0.3, -0.25) is 4.31 Å². The number of sulfonamides is 1. The van der Waals surface area contributed by atoms with E-state index in [0.29, 0.717) is 22.8 Å². The van der Waals surface area contributed by atoms with Gasteiger partial charge in [0.25, 0.3) is 0 Å². The Kier molecular flexibility index (Phi) is 6.74. The quantitative estimate of drug-likeness (QED) is 0.461. The highest BCUT2D eigenvalue weighted by Gasteiger charge is 2.38. The van der Waals surface area contributed by atoms with Crippen LogP contribution in [0.5, 0.6) is 17.2 Å². The van der Waals surface area contributed by atoms with Gasteiger partial charge in [0, 0.05) is 0 Å². The molecule has 9 heteroatoms. The molecule has 3 aromatic carbocycles. The van der Waals surface area contributed by atoms with Crippen LogP contribution in [-0.4, -0.2) is 27.5 Å². The number of ether oxygens (including phenoxy) is 2. The Morgan fingerprint density at radius 1 is 0.839 bits per heavy atom. The number of methoxy groups -OCH3 is 1. The third-order valence-corrected chi connectivity index (χ3v) is 5.98. The second kappa shape index (κ2) is 9.30. The van der Waals surface area contributed by atoms with Gasteiger partial charge in [-0.1, -0.05) is 42.5 Å². The lowest BCUT2D eigenvalue weighted by molar-refractivity contribution is -0.106. The van der Waals surface area contributed by atoms with Crippen LogP contribution in [0.15, 0.2) is 78.9 Å². The molecule has 0 radical (unpaired) electrons. The van der Waals surface area contributed by atoms with Crippen molar-refractivity contribution >= 4 is 15.7 Å². The first-order valence-corrected chi connectivity index (χ1v) is 10.8. The van der Waals surface area contributed by atoms with Crippen LogP contribution in [0, 0.1) is 0 Å². The van der Waals surface area contributed by atoms with Crippen LogP contribution in [-0.2, 0) is 16.6 Å². The highest BCUT2D eigenvalue weighted by atomic mass is 32.2. The number of hydrogen-bond acceptors (Lipinski definition) is 4. The van der Waals surface area contributed by atoms with Crippen molar-refractivity contribution in [3.05, 3.63) is 84.4 Å². The number of alkyl halides is 3. The Labute approximate surface area is 178 Å². The summed E-state index contributed by atoms with van der Waals surface area (Å²) in [4.78, 5) is 0. The van der Waals surface area contributed by atoms with E-state index in [1.54, 1.807) is 54.6 Å². The molecule has 0 aromatic heterocycles. The summed E-state index contributed by atoms with van der Waals surface area (Å²) in [6.45, 7) is -0.230. The molecule has 0 aliphatic heterocycles. The Bertz CT molecular complexity index is 1100. The molecule has 0 atom stereocenters. The van der Waals surface area contributed by atoms with Crippen LogP contribution >= 0.6 is 0 Å². The minimum atomic E-state index is -4.86. The first-order chi connectivity index (χ1) is 14.7. The number of halogens is 3. The summed E-state index contributed by atoms with van der Waals surface area (Å²) in [5.41, 5.74) is 0.656. The van der Waals surface area contributed by atoms with Gasteiger partial charge in [-0.25, -0.2) is 8.42 Å². The first-order valence-electron chi connectivity index (χ1n) is 9.20. The van der Waals surface area contributed by atoms with E-state index in [1.165, 1.54) is 31.4 Å². The molecule has 3 aromatic rings. The molecule has 0 aliphatic carbocycles. The van der Waals surface area contributed by atoms with Gasteiger partial charge in [-0.2, -0.15) is 13.2 Å². The fraction of sp³-hybridized carbons (Fsp3) is 0.182. The summed E-state index contributed by atoms with van der Waals surface area (Å²) >= 11 is 0. The molecule has 5 nitrogen and oxygen atoms in total. The maximum absolute atomic E-state index is 12.9. The van der Waals surface area contributed by atoms with E-state index in [2.05, 4.69) is 0 Å². The predicted molar refractivity (Wildman–Crippen MR) is 112 cm³/mol. The first kappa shape index (κ1) is 22.5. The summed E-state index contributed by atoms with van der Waals surface area (Å²) in [5.74, 6) is -0.624. The monoisotopic (exact) mass is 451 g/mol. The zero-order chi connectivity index (χ0) is 22.5. The fourth-order valence-corrected chi connectivity index (χ4v) is 4.25. The molecule has 3 rings (SSSR count). The summed E-state index contributed by atoms with van der Waals surface area (Å²) in [6, 6.07) is 21.2. The standard InChI is InChI=1S/C22H20F3NO4S/c1-29-20-9-5-6-10-21(20)30-19-13-11-18(12-14-19)26(15-17-7-3-2-4-8-17)31(27,28)16-22(23,24)25/h2-14H,15-16H2,1H3. The average Bonchev–Trinajstić information content (AvgIpc) is 2.72. The molecular formula is C22H20F3NO4S. The van der Waals surface area contributed by atoms with E-state index in [-0.39, 0.29) is 12.2 Å². The smallest absolute Gasteiger partial charge is 0.404 e. The number of hydrogen-bond donors (Lipinski definition) is 0. The molecule has 0 amide bonds. The van der Waals surface area contributed by atoms with Gasteiger partial charge in [0.2, 0.25) is 10.0 Å². The lowest BCUT2D eigenvalue weighted by atomic mass is 10.2. The number of benzene rings is 3. The number of nitrogens with zero attached hydrogens (tertiary/aromatic N) is 1. The molecule has 0 bridgehead atoms. The van der Waals surface area contributed by atoms with Crippen molar-refractivity contribution in [3.63, 3.8) is 0 Å². The minimum absolute atomic E-state index is 0.0977. The van der Waals surface area contributed by atoms with Crippen molar-refractivity contribution in [2.24, 2.45) is 0 Å². The number of para-hydroxylation sites is 2. The van der Waals surface area contributed by atoms with Crippen molar-refractivity contribution < 1.29 is 31.1 Å². The zero-order valence-corrected chi connectivity index (χ0v) is 17.4. The van der Waals surface area contributed by atoms with Crippen LogP contribution < -0.4 is 13.8 Å². The van der Waals surface area contributed by atoms with E-state index in [0.717, 1.165) is 4.31 Å². The van der Waals surface area contributed by atoms with Crippen LogP contribution in [0.1, 0.15) is 5.56 Å². The van der Waals surface area contributed by atoms with Crippen LogP contribution in [0.2, 0.25) is 0 Å². The highest BCUT2D eigenvalue weighted by Crippen LogP contribution is 2.33. The molecule has 0 aliphatic rings. The predicted octanol–water partition coefficient (Wildman–Crippen LogP) is 5.39. The third-order valence-electron chi connectivity index (χ3n) is 4.27. The van der Waals surface area contributed by atoms with E-state index in [9.17, 15) is 21.6 Å². The molecule has 0 heterocycles. The van der Waals surface area contributed by atoms with Gasteiger partial charge in [0.15, 0.2) is 17.3 Å². The normalized spacial score (nSPS) is 11.7. The second-order valence-electron chi connectivity index (χ2n) is 6.61.